The zero-order valence-corrected chi connectivity index (χ0v) is 13.9. The van der Waals surface area contributed by atoms with Crippen molar-refractivity contribution in [2.45, 2.75) is 71.1 Å². The van der Waals surface area contributed by atoms with Crippen LogP contribution in [0.4, 0.5) is 0 Å². The summed E-state index contributed by atoms with van der Waals surface area (Å²) < 4.78 is 27.5. The number of unbranched alkanes of at least 4 members (excludes halogenated alkanes) is 9. The lowest BCUT2D eigenvalue weighted by Gasteiger charge is -2.05. The van der Waals surface area contributed by atoms with Gasteiger partial charge in [0.05, 0.1) is 6.61 Å². The number of carbonyl (C=O) groups excluding carboxylic acids is 1. The Bertz CT molecular complexity index is 404. The first kappa shape index (κ1) is 20.1. The second-order valence-electron chi connectivity index (χ2n) is 5.25. The summed E-state index contributed by atoms with van der Waals surface area (Å²) in [6, 6.07) is 0. The van der Waals surface area contributed by atoms with Gasteiger partial charge in [0.2, 0.25) is 0 Å². The summed E-state index contributed by atoms with van der Waals surface area (Å²) in [7, 11) is -4.04. The fourth-order valence-electron chi connectivity index (χ4n) is 1.95. The third kappa shape index (κ3) is 10.5. The zero-order valence-electron chi connectivity index (χ0n) is 13.1. The minimum Gasteiger partial charge on any atom is -0.365 e. The summed E-state index contributed by atoms with van der Waals surface area (Å²) in [6.07, 6.45) is 11.6. The van der Waals surface area contributed by atoms with E-state index < -0.39 is 20.9 Å². The monoisotopic (exact) mass is 319 g/mol. The van der Waals surface area contributed by atoms with Crippen LogP contribution >= 0.6 is 0 Å². The van der Waals surface area contributed by atoms with Gasteiger partial charge < -0.3 is 5.73 Å². The molecule has 5 nitrogen and oxygen atoms in total. The molecule has 0 aromatic heterocycles. The molecule has 1 amide bonds. The third-order valence-corrected chi connectivity index (χ3v) is 4.59. The molecule has 0 heterocycles. The molecular weight excluding hydrogens is 290 g/mol. The van der Waals surface area contributed by atoms with Crippen molar-refractivity contribution in [1.29, 1.82) is 0 Å². The first-order valence-electron chi connectivity index (χ1n) is 7.80. The lowest BCUT2D eigenvalue weighted by Crippen LogP contribution is -2.22. The smallest absolute Gasteiger partial charge is 0.301 e. The van der Waals surface area contributed by atoms with Crippen LogP contribution in [0.25, 0.3) is 0 Å². The summed E-state index contributed by atoms with van der Waals surface area (Å²) in [4.78, 5) is 10.0. The van der Waals surface area contributed by atoms with Gasteiger partial charge in [0.1, 0.15) is 0 Å². The van der Waals surface area contributed by atoms with Crippen molar-refractivity contribution >= 4 is 16.0 Å². The molecule has 0 aliphatic carbocycles. The van der Waals surface area contributed by atoms with Crippen molar-refractivity contribution in [3.05, 3.63) is 11.5 Å². The first-order chi connectivity index (χ1) is 9.91. The number of amides is 1. The fourth-order valence-corrected chi connectivity index (χ4v) is 2.68. The molecule has 0 radical (unpaired) electrons. The Labute approximate surface area is 129 Å². The highest BCUT2D eigenvalue weighted by Crippen LogP contribution is 2.11. The highest BCUT2D eigenvalue weighted by Gasteiger charge is 2.20. The Morgan fingerprint density at radius 2 is 1.38 bits per heavy atom. The molecule has 0 saturated heterocycles. The standard InChI is InChI=1S/C15H29NO4S/c1-3-4-5-6-7-8-9-10-11-12-13-20-21(18,19)14(2)15(16)17/h2-13H2,1H3,(H2,16,17). The fraction of sp³-hybridized carbons (Fsp3) is 0.800. The molecule has 0 fully saturated rings. The lowest BCUT2D eigenvalue weighted by molar-refractivity contribution is -0.114. The Morgan fingerprint density at radius 1 is 0.952 bits per heavy atom. The van der Waals surface area contributed by atoms with E-state index in [9.17, 15) is 13.2 Å². The summed E-state index contributed by atoms with van der Waals surface area (Å²) in [6.45, 7) is 5.39. The summed E-state index contributed by atoms with van der Waals surface area (Å²) in [5.74, 6) is -1.07. The van der Waals surface area contributed by atoms with Gasteiger partial charge in [-0.2, -0.15) is 8.42 Å². The highest BCUT2D eigenvalue weighted by molar-refractivity contribution is 7.91. The van der Waals surface area contributed by atoms with Gasteiger partial charge in [0, 0.05) is 0 Å². The Morgan fingerprint density at radius 3 is 1.81 bits per heavy atom. The number of hydrogen-bond acceptors (Lipinski definition) is 4. The second kappa shape index (κ2) is 11.7. The topological polar surface area (TPSA) is 86.5 Å². The predicted molar refractivity (Wildman–Crippen MR) is 85.1 cm³/mol. The quantitative estimate of drug-likeness (QED) is 0.302. The zero-order chi connectivity index (χ0) is 16.1. The minimum atomic E-state index is -4.04. The number of carbonyl (C=O) groups is 1. The van der Waals surface area contributed by atoms with E-state index in [0.29, 0.717) is 6.42 Å². The minimum absolute atomic E-state index is 0.0745. The molecule has 0 atom stereocenters. The van der Waals surface area contributed by atoms with Gasteiger partial charge in [-0.15, -0.1) is 0 Å². The predicted octanol–water partition coefficient (Wildman–Crippen LogP) is 3.25. The van der Waals surface area contributed by atoms with Crippen LogP contribution in [0.5, 0.6) is 0 Å². The van der Waals surface area contributed by atoms with Crippen molar-refractivity contribution in [3.63, 3.8) is 0 Å². The van der Waals surface area contributed by atoms with Crippen LogP contribution in [0.2, 0.25) is 0 Å². The van der Waals surface area contributed by atoms with Crippen LogP contribution in [0.1, 0.15) is 71.1 Å². The molecule has 0 unspecified atom stereocenters. The maximum absolute atomic E-state index is 11.4. The molecule has 2 N–H and O–H groups in total. The Kier molecular flexibility index (Phi) is 11.3. The molecule has 0 saturated carbocycles. The highest BCUT2D eigenvalue weighted by atomic mass is 32.2. The van der Waals surface area contributed by atoms with Crippen molar-refractivity contribution in [1.82, 2.24) is 0 Å². The van der Waals surface area contributed by atoms with E-state index in [1.807, 2.05) is 0 Å². The van der Waals surface area contributed by atoms with Crippen molar-refractivity contribution < 1.29 is 17.4 Å². The summed E-state index contributed by atoms with van der Waals surface area (Å²) >= 11 is 0. The van der Waals surface area contributed by atoms with Gasteiger partial charge in [0.15, 0.2) is 4.91 Å². The molecule has 0 aromatic carbocycles. The maximum Gasteiger partial charge on any atom is 0.301 e. The Balaban J connectivity index is 3.48. The summed E-state index contributed by atoms with van der Waals surface area (Å²) in [5, 5.41) is 0. The van der Waals surface area contributed by atoms with Gasteiger partial charge in [-0.1, -0.05) is 71.3 Å². The molecule has 21 heavy (non-hydrogen) atoms. The van der Waals surface area contributed by atoms with E-state index >= 15 is 0 Å². The first-order valence-corrected chi connectivity index (χ1v) is 9.20. The van der Waals surface area contributed by atoms with E-state index in [4.69, 9.17) is 9.92 Å². The average molecular weight is 319 g/mol. The van der Waals surface area contributed by atoms with Gasteiger partial charge >= 0.3 is 10.1 Å². The normalized spacial score (nSPS) is 11.5. The summed E-state index contributed by atoms with van der Waals surface area (Å²) in [5.41, 5.74) is 4.85. The van der Waals surface area contributed by atoms with Gasteiger partial charge in [-0.25, -0.2) is 0 Å². The molecule has 6 heteroatoms. The second-order valence-corrected chi connectivity index (χ2v) is 6.88. The van der Waals surface area contributed by atoms with Crippen LogP contribution in [0.3, 0.4) is 0 Å². The molecule has 0 aliphatic rings. The molecular formula is C15H29NO4S. The largest absolute Gasteiger partial charge is 0.365 e. The molecule has 124 valence electrons. The van der Waals surface area contributed by atoms with Crippen molar-refractivity contribution in [2.75, 3.05) is 6.61 Å². The van der Waals surface area contributed by atoms with Crippen molar-refractivity contribution in [3.8, 4) is 0 Å². The molecule has 0 rings (SSSR count). The molecule has 0 spiro atoms. The van der Waals surface area contributed by atoms with E-state index in [1.165, 1.54) is 44.9 Å². The maximum atomic E-state index is 11.4. The molecule has 0 aromatic rings. The SMILES string of the molecule is C=C(C(N)=O)S(=O)(=O)OCCCCCCCCCCCC. The van der Waals surface area contributed by atoms with E-state index in [2.05, 4.69) is 13.5 Å². The van der Waals surface area contributed by atoms with E-state index in [-0.39, 0.29) is 6.61 Å². The number of hydrogen-bond donors (Lipinski definition) is 1. The molecule has 0 bridgehead atoms. The number of primary amides is 1. The lowest BCUT2D eigenvalue weighted by atomic mass is 10.1. The van der Waals surface area contributed by atoms with Gasteiger partial charge in [-0.3, -0.25) is 8.98 Å². The van der Waals surface area contributed by atoms with Crippen LogP contribution < -0.4 is 5.73 Å². The molecule has 0 aliphatic heterocycles. The van der Waals surface area contributed by atoms with E-state index in [0.717, 1.165) is 12.8 Å². The number of nitrogens with two attached hydrogens (primary N) is 1. The average Bonchev–Trinajstić information content (AvgIpc) is 2.43. The van der Waals surface area contributed by atoms with Crippen LogP contribution in [-0.4, -0.2) is 20.9 Å². The number of rotatable bonds is 14. The van der Waals surface area contributed by atoms with Crippen LogP contribution in [-0.2, 0) is 19.1 Å². The Hall–Kier alpha value is -0.880. The third-order valence-electron chi connectivity index (χ3n) is 3.31. The van der Waals surface area contributed by atoms with Crippen LogP contribution in [0, 0.1) is 0 Å². The van der Waals surface area contributed by atoms with Gasteiger partial charge in [0.25, 0.3) is 5.91 Å². The van der Waals surface area contributed by atoms with Gasteiger partial charge in [-0.05, 0) is 6.42 Å². The van der Waals surface area contributed by atoms with E-state index in [1.54, 1.807) is 0 Å². The van der Waals surface area contributed by atoms with Crippen LogP contribution in [0.15, 0.2) is 11.5 Å². The van der Waals surface area contributed by atoms with Crippen molar-refractivity contribution in [2.24, 2.45) is 5.73 Å².